The summed E-state index contributed by atoms with van der Waals surface area (Å²) in [5.41, 5.74) is 2.17. The second-order valence-corrected chi connectivity index (χ2v) is 13.8. The molecule has 4 rings (SSSR count). The van der Waals surface area contributed by atoms with Gasteiger partial charge in [-0.2, -0.15) is 0 Å². The molecule has 3 heterocycles. The van der Waals surface area contributed by atoms with Crippen LogP contribution >= 0.6 is 22.6 Å². The molecule has 0 unspecified atom stereocenters. The van der Waals surface area contributed by atoms with Crippen molar-refractivity contribution in [3.05, 3.63) is 83.6 Å². The van der Waals surface area contributed by atoms with Crippen LogP contribution in [0.1, 0.15) is 62.0 Å². The van der Waals surface area contributed by atoms with Gasteiger partial charge in [0.15, 0.2) is 5.69 Å². The van der Waals surface area contributed by atoms with Crippen LogP contribution in [0.2, 0.25) is 0 Å². The molecule has 5 atom stereocenters. The first-order chi connectivity index (χ1) is 22.6. The molecule has 11 heteroatoms. The number of nitrogens with zero attached hydrogens (tertiary/aromatic N) is 2. The molecule has 2 aliphatic rings. The molecular weight excluding hydrogens is 713 g/mol. The number of halogens is 1. The third-order valence-electron chi connectivity index (χ3n) is 8.26. The summed E-state index contributed by atoms with van der Waals surface area (Å²) in [5, 5.41) is 3.38. The van der Waals surface area contributed by atoms with E-state index in [9.17, 15) is 14.4 Å². The van der Waals surface area contributed by atoms with Crippen molar-refractivity contribution in [2.45, 2.75) is 69.1 Å². The number of Topliss-reactive ketones (excluding diaryl/α,β-unsaturated/α-hetero) is 1. The van der Waals surface area contributed by atoms with Gasteiger partial charge in [0.2, 0.25) is 5.89 Å². The van der Waals surface area contributed by atoms with Gasteiger partial charge in [-0.1, -0.05) is 84.5 Å². The van der Waals surface area contributed by atoms with Crippen molar-refractivity contribution >= 4 is 40.3 Å². The fourth-order valence-corrected chi connectivity index (χ4v) is 6.83. The van der Waals surface area contributed by atoms with Crippen LogP contribution in [0.15, 0.2) is 70.9 Å². The monoisotopic (exact) mass is 759 g/mol. The lowest BCUT2D eigenvalue weighted by molar-refractivity contribution is -0.159. The van der Waals surface area contributed by atoms with Gasteiger partial charge in [-0.15, -0.1) is 0 Å². The molecule has 1 N–H and O–H groups in total. The number of ether oxygens (including phenoxy) is 3. The molecule has 2 aliphatic heterocycles. The van der Waals surface area contributed by atoms with Crippen LogP contribution in [0.3, 0.4) is 0 Å². The minimum absolute atomic E-state index is 0.00408. The predicted octanol–water partition coefficient (Wildman–Crippen LogP) is 5.66. The summed E-state index contributed by atoms with van der Waals surface area (Å²) in [6, 6.07) is 6.97. The molecule has 2 aromatic rings. The Kier molecular flexibility index (Phi) is 14.2. The molecule has 47 heavy (non-hydrogen) atoms. The second-order valence-electron chi connectivity index (χ2n) is 12.2. The van der Waals surface area contributed by atoms with Crippen molar-refractivity contribution in [1.29, 1.82) is 0 Å². The number of hydrogen-bond donors (Lipinski definition) is 1. The van der Waals surface area contributed by atoms with Crippen LogP contribution in [-0.2, 0) is 32.1 Å². The van der Waals surface area contributed by atoms with E-state index in [2.05, 4.69) is 51.1 Å². The van der Waals surface area contributed by atoms with Crippen LogP contribution < -0.4 is 10.1 Å². The van der Waals surface area contributed by atoms with Crippen LogP contribution in [0.5, 0.6) is 5.75 Å². The molecular formula is C36H46IN3O7. The van der Waals surface area contributed by atoms with E-state index in [1.165, 1.54) is 11.2 Å². The summed E-state index contributed by atoms with van der Waals surface area (Å²) in [5.74, 6) is -0.146. The van der Waals surface area contributed by atoms with E-state index in [1.807, 2.05) is 57.2 Å². The molecule has 0 saturated carbocycles. The Morgan fingerprint density at radius 2 is 1.91 bits per heavy atom. The zero-order valence-corrected chi connectivity index (χ0v) is 29.8. The lowest BCUT2D eigenvalue weighted by Gasteiger charge is -2.31. The van der Waals surface area contributed by atoms with Gasteiger partial charge in [0.25, 0.3) is 5.91 Å². The average Bonchev–Trinajstić information content (AvgIpc) is 3.73. The number of amides is 1. The highest BCUT2D eigenvalue weighted by Crippen LogP contribution is 2.26. The lowest BCUT2D eigenvalue weighted by Crippen LogP contribution is -2.44. The van der Waals surface area contributed by atoms with Crippen LogP contribution in [0, 0.1) is 11.8 Å². The normalized spacial score (nSPS) is 26.9. The van der Waals surface area contributed by atoms with E-state index in [0.717, 1.165) is 16.9 Å². The molecule has 10 nitrogen and oxygen atoms in total. The highest BCUT2D eigenvalue weighted by molar-refractivity contribution is 14.1. The summed E-state index contributed by atoms with van der Waals surface area (Å²) in [7, 11) is 1.63. The number of carbonyl (C=O) groups is 3. The first-order valence-corrected chi connectivity index (χ1v) is 17.4. The number of esters is 1. The van der Waals surface area contributed by atoms with Gasteiger partial charge in [-0.05, 0) is 37.5 Å². The maximum Gasteiger partial charge on any atom is 0.329 e. The quantitative estimate of drug-likeness (QED) is 0.172. The topological polar surface area (TPSA) is 120 Å². The molecule has 0 radical (unpaired) electrons. The number of methoxy groups -OCH3 is 1. The highest BCUT2D eigenvalue weighted by Gasteiger charge is 2.39. The van der Waals surface area contributed by atoms with E-state index < -0.39 is 24.0 Å². The van der Waals surface area contributed by atoms with Gasteiger partial charge in [0, 0.05) is 41.8 Å². The van der Waals surface area contributed by atoms with Crippen molar-refractivity contribution in [2.75, 3.05) is 33.4 Å². The van der Waals surface area contributed by atoms with Gasteiger partial charge >= 0.3 is 5.97 Å². The molecule has 0 spiro atoms. The third-order valence-corrected chi connectivity index (χ3v) is 9.06. The van der Waals surface area contributed by atoms with Crippen LogP contribution in [0.4, 0.5) is 0 Å². The number of alkyl halides is 1. The number of ketones is 1. The Morgan fingerprint density at radius 1 is 1.15 bits per heavy atom. The van der Waals surface area contributed by atoms with Crippen molar-refractivity contribution < 1.29 is 33.0 Å². The maximum absolute atomic E-state index is 13.7. The molecule has 1 aromatic heterocycles. The predicted molar refractivity (Wildman–Crippen MR) is 187 cm³/mol. The number of fused-ring (bicyclic) bond motifs is 3. The number of rotatable bonds is 6. The summed E-state index contributed by atoms with van der Waals surface area (Å²) < 4.78 is 23.0. The van der Waals surface area contributed by atoms with E-state index >= 15 is 0 Å². The molecule has 1 amide bonds. The molecule has 2 bridgehead atoms. The zero-order valence-electron chi connectivity index (χ0n) is 27.7. The average molecular weight is 760 g/mol. The number of nitrogens with one attached hydrogen (secondary N) is 1. The molecule has 1 aromatic carbocycles. The SMILES string of the molecule is COc1ccc(COC[C@H](C)[C@H]2OC(=O)[C@H]3CCCN3C(=O)c3coc(n3)CC(=O)C[C@H](I)/C=C(C)/C=C/CNC/C=C/[C@H]2C)cc1. The maximum atomic E-state index is 13.7. The van der Waals surface area contributed by atoms with E-state index in [-0.39, 0.29) is 39.5 Å². The molecule has 254 valence electrons. The zero-order chi connectivity index (χ0) is 33.8. The highest BCUT2D eigenvalue weighted by atomic mass is 127. The lowest BCUT2D eigenvalue weighted by atomic mass is 9.93. The van der Waals surface area contributed by atoms with Gasteiger partial charge in [0.1, 0.15) is 29.9 Å². The fraction of sp³-hybridized carbons (Fsp3) is 0.500. The van der Waals surface area contributed by atoms with Gasteiger partial charge < -0.3 is 28.8 Å². The largest absolute Gasteiger partial charge is 0.497 e. The van der Waals surface area contributed by atoms with Crippen LogP contribution in [-0.4, -0.2) is 77.0 Å². The molecule has 1 fully saturated rings. The number of allylic oxidation sites excluding steroid dienone is 3. The first-order valence-electron chi connectivity index (χ1n) is 16.2. The van der Waals surface area contributed by atoms with Crippen LogP contribution in [0.25, 0.3) is 0 Å². The van der Waals surface area contributed by atoms with E-state index in [4.69, 9.17) is 18.6 Å². The van der Waals surface area contributed by atoms with E-state index in [1.54, 1.807) is 7.11 Å². The Bertz CT molecular complexity index is 1430. The summed E-state index contributed by atoms with van der Waals surface area (Å²) >= 11 is 2.25. The van der Waals surface area contributed by atoms with Gasteiger partial charge in [-0.25, -0.2) is 9.78 Å². The number of carbonyl (C=O) groups excluding carboxylic acids is 3. The Hall–Kier alpha value is -3.29. The van der Waals surface area contributed by atoms with Crippen molar-refractivity contribution in [3.8, 4) is 5.75 Å². The van der Waals surface area contributed by atoms with E-state index in [0.29, 0.717) is 52.1 Å². The van der Waals surface area contributed by atoms with Gasteiger partial charge in [0.05, 0.1) is 26.7 Å². The molecule has 1 saturated heterocycles. The summed E-state index contributed by atoms with van der Waals surface area (Å²) in [4.78, 5) is 45.7. The van der Waals surface area contributed by atoms with Crippen molar-refractivity contribution in [1.82, 2.24) is 15.2 Å². The third kappa shape index (κ3) is 11.1. The summed E-state index contributed by atoms with van der Waals surface area (Å²) in [6.07, 6.45) is 12.5. The van der Waals surface area contributed by atoms with Gasteiger partial charge in [-0.3, -0.25) is 9.59 Å². The smallest absolute Gasteiger partial charge is 0.329 e. The number of hydrogen-bond acceptors (Lipinski definition) is 9. The number of aromatic nitrogens is 1. The minimum Gasteiger partial charge on any atom is -0.497 e. The minimum atomic E-state index is -0.736. The summed E-state index contributed by atoms with van der Waals surface area (Å²) in [6.45, 7) is 8.58. The second kappa shape index (κ2) is 18.3. The Balaban J connectivity index is 1.51. The number of oxazole rings is 1. The number of cyclic esters (lactones) is 1. The Morgan fingerprint density at radius 3 is 2.68 bits per heavy atom. The first kappa shape index (κ1) is 36.5. The van der Waals surface area contributed by atoms with Crippen molar-refractivity contribution in [2.24, 2.45) is 11.8 Å². The standard InChI is InChI=1S/C36H46IN3O7/c1-24-8-5-15-38-16-6-9-25(2)34(26(3)21-45-22-27-11-13-30(44-4)14-12-27)47-36(43)32-10-7-17-40(32)35(42)31-23-46-33(39-31)20-29(41)19-28(37)18-24/h5-6,8-9,11-14,18,23,25-26,28,32,34,38H,7,10,15-17,19-22H2,1-4H3/b8-5+,9-6+,24-18+/t25-,26+,28-,32-,34+/m1/s1. The fourth-order valence-electron chi connectivity index (χ4n) is 5.77. The Labute approximate surface area is 291 Å². The van der Waals surface area contributed by atoms with Crippen molar-refractivity contribution in [3.63, 3.8) is 0 Å². The number of benzene rings is 1. The molecule has 0 aliphatic carbocycles.